The van der Waals surface area contributed by atoms with Crippen LogP contribution < -0.4 is 15.5 Å². The Hall–Kier alpha value is -1.59. The van der Waals surface area contributed by atoms with Crippen LogP contribution in [0.15, 0.2) is 0 Å². The molecule has 6 nitrogen and oxygen atoms in total. The molecule has 19 heavy (non-hydrogen) atoms. The molecule has 1 saturated carbocycles. The zero-order valence-electron chi connectivity index (χ0n) is 11.7. The fourth-order valence-electron chi connectivity index (χ4n) is 2.66. The van der Waals surface area contributed by atoms with E-state index in [1.165, 1.54) is 25.7 Å². The summed E-state index contributed by atoms with van der Waals surface area (Å²) in [5.41, 5.74) is 5.84. The van der Waals surface area contributed by atoms with Crippen molar-refractivity contribution in [3.05, 3.63) is 0 Å². The Morgan fingerprint density at radius 3 is 2.53 bits per heavy atom. The van der Waals surface area contributed by atoms with Crippen molar-refractivity contribution in [2.45, 2.75) is 38.6 Å². The van der Waals surface area contributed by atoms with Gasteiger partial charge in [0.1, 0.15) is 0 Å². The number of aromatic nitrogens is 3. The van der Waals surface area contributed by atoms with Gasteiger partial charge in [0, 0.05) is 26.2 Å². The molecule has 1 aliphatic carbocycles. The number of nitrogens with two attached hydrogens (primary N) is 1. The molecule has 2 heterocycles. The standard InChI is InChI=1S/C13H22N6/c1-9(10-5-6-10)18(2)12-15-11(14)16-13(17-12)19-7-3-4-8-19/h9-10H,3-8H2,1-2H3,(H2,14,15,16,17). The molecule has 1 aromatic rings. The Balaban J connectivity index is 1.83. The van der Waals surface area contributed by atoms with Gasteiger partial charge in [0.05, 0.1) is 0 Å². The Labute approximate surface area is 114 Å². The summed E-state index contributed by atoms with van der Waals surface area (Å²) in [6, 6.07) is 0.466. The summed E-state index contributed by atoms with van der Waals surface area (Å²) in [5, 5.41) is 0. The summed E-state index contributed by atoms with van der Waals surface area (Å²) in [6.07, 6.45) is 5.03. The molecular weight excluding hydrogens is 240 g/mol. The van der Waals surface area contributed by atoms with Crippen molar-refractivity contribution in [2.24, 2.45) is 5.92 Å². The molecule has 1 unspecified atom stereocenters. The Bertz CT molecular complexity index is 452. The first-order valence-corrected chi connectivity index (χ1v) is 7.14. The number of nitrogens with zero attached hydrogens (tertiary/aromatic N) is 5. The molecule has 2 aliphatic rings. The summed E-state index contributed by atoms with van der Waals surface area (Å²) in [5.74, 6) is 2.53. The van der Waals surface area contributed by atoms with Gasteiger partial charge in [0.2, 0.25) is 17.8 Å². The molecule has 0 bridgehead atoms. The normalized spacial score (nSPS) is 20.6. The second kappa shape index (κ2) is 4.83. The molecule has 1 atom stereocenters. The minimum atomic E-state index is 0.321. The maximum Gasteiger partial charge on any atom is 0.231 e. The first-order chi connectivity index (χ1) is 9.15. The molecule has 0 radical (unpaired) electrons. The van der Waals surface area contributed by atoms with Gasteiger partial charge >= 0.3 is 0 Å². The van der Waals surface area contributed by atoms with Gasteiger partial charge in [0.25, 0.3) is 0 Å². The third-order valence-electron chi connectivity index (χ3n) is 4.25. The molecule has 3 rings (SSSR count). The molecule has 2 fully saturated rings. The lowest BCUT2D eigenvalue weighted by Gasteiger charge is -2.26. The second-order valence-corrected chi connectivity index (χ2v) is 5.68. The highest BCUT2D eigenvalue weighted by molar-refractivity contribution is 5.44. The van der Waals surface area contributed by atoms with Crippen molar-refractivity contribution in [1.82, 2.24) is 15.0 Å². The van der Waals surface area contributed by atoms with Crippen molar-refractivity contribution in [1.29, 1.82) is 0 Å². The Morgan fingerprint density at radius 1 is 1.21 bits per heavy atom. The van der Waals surface area contributed by atoms with Crippen LogP contribution in [0.3, 0.4) is 0 Å². The van der Waals surface area contributed by atoms with E-state index in [1.54, 1.807) is 0 Å². The molecule has 0 amide bonds. The number of hydrogen-bond donors (Lipinski definition) is 1. The molecule has 0 aromatic carbocycles. The highest BCUT2D eigenvalue weighted by Crippen LogP contribution is 2.35. The van der Waals surface area contributed by atoms with Crippen LogP contribution in [-0.2, 0) is 0 Å². The molecule has 1 aliphatic heterocycles. The zero-order valence-corrected chi connectivity index (χ0v) is 11.7. The van der Waals surface area contributed by atoms with Crippen LogP contribution in [0.2, 0.25) is 0 Å². The van der Waals surface area contributed by atoms with E-state index >= 15 is 0 Å². The third kappa shape index (κ3) is 2.57. The van der Waals surface area contributed by atoms with Crippen LogP contribution in [-0.4, -0.2) is 41.1 Å². The lowest BCUT2D eigenvalue weighted by Crippen LogP contribution is -2.33. The SMILES string of the molecule is CC(C1CC1)N(C)c1nc(N)nc(N2CCCC2)n1. The summed E-state index contributed by atoms with van der Waals surface area (Å²) in [7, 11) is 2.05. The van der Waals surface area contributed by atoms with Crippen molar-refractivity contribution in [3.8, 4) is 0 Å². The maximum atomic E-state index is 5.84. The van der Waals surface area contributed by atoms with Crippen LogP contribution in [0.5, 0.6) is 0 Å². The van der Waals surface area contributed by atoms with Crippen molar-refractivity contribution in [3.63, 3.8) is 0 Å². The van der Waals surface area contributed by atoms with Gasteiger partial charge in [-0.1, -0.05) is 0 Å². The predicted octanol–water partition coefficient (Wildman–Crippen LogP) is 1.29. The van der Waals surface area contributed by atoms with E-state index in [4.69, 9.17) is 5.73 Å². The summed E-state index contributed by atoms with van der Waals surface area (Å²) >= 11 is 0. The zero-order chi connectivity index (χ0) is 13.4. The molecule has 1 aromatic heterocycles. The van der Waals surface area contributed by atoms with E-state index in [1.807, 2.05) is 7.05 Å². The molecule has 1 saturated heterocycles. The second-order valence-electron chi connectivity index (χ2n) is 5.68. The summed E-state index contributed by atoms with van der Waals surface area (Å²) in [4.78, 5) is 17.5. The average Bonchev–Trinajstić information content (AvgIpc) is 3.11. The predicted molar refractivity (Wildman–Crippen MR) is 76.3 cm³/mol. The van der Waals surface area contributed by atoms with Crippen LogP contribution in [0.25, 0.3) is 0 Å². The largest absolute Gasteiger partial charge is 0.368 e. The Kier molecular flexibility index (Phi) is 3.16. The van der Waals surface area contributed by atoms with Gasteiger partial charge in [0.15, 0.2) is 0 Å². The van der Waals surface area contributed by atoms with Crippen molar-refractivity contribution in [2.75, 3.05) is 35.7 Å². The van der Waals surface area contributed by atoms with Crippen molar-refractivity contribution < 1.29 is 0 Å². The van der Waals surface area contributed by atoms with E-state index < -0.39 is 0 Å². The molecule has 6 heteroatoms. The minimum absolute atomic E-state index is 0.321. The topological polar surface area (TPSA) is 71.2 Å². The number of rotatable bonds is 4. The maximum absolute atomic E-state index is 5.84. The quantitative estimate of drug-likeness (QED) is 0.881. The molecule has 104 valence electrons. The smallest absolute Gasteiger partial charge is 0.231 e. The molecular formula is C13H22N6. The first kappa shape index (κ1) is 12.4. The minimum Gasteiger partial charge on any atom is -0.368 e. The lowest BCUT2D eigenvalue weighted by molar-refractivity contribution is 0.596. The van der Waals surface area contributed by atoms with Gasteiger partial charge in [-0.2, -0.15) is 15.0 Å². The van der Waals surface area contributed by atoms with Gasteiger partial charge in [-0.25, -0.2) is 0 Å². The van der Waals surface area contributed by atoms with Crippen LogP contribution in [0.1, 0.15) is 32.6 Å². The van der Waals surface area contributed by atoms with Gasteiger partial charge < -0.3 is 15.5 Å². The van der Waals surface area contributed by atoms with Gasteiger partial charge in [-0.15, -0.1) is 0 Å². The monoisotopic (exact) mass is 262 g/mol. The number of nitrogen functional groups attached to an aromatic ring is 1. The molecule has 2 N–H and O–H groups in total. The summed E-state index contributed by atoms with van der Waals surface area (Å²) in [6.45, 7) is 4.27. The lowest BCUT2D eigenvalue weighted by atomic mass is 10.2. The van der Waals surface area contributed by atoms with Crippen LogP contribution in [0.4, 0.5) is 17.8 Å². The van der Waals surface area contributed by atoms with Crippen LogP contribution in [0, 0.1) is 5.92 Å². The van der Waals surface area contributed by atoms with Crippen molar-refractivity contribution >= 4 is 17.8 Å². The summed E-state index contributed by atoms with van der Waals surface area (Å²) < 4.78 is 0. The fraction of sp³-hybridized carbons (Fsp3) is 0.769. The highest BCUT2D eigenvalue weighted by atomic mass is 15.4. The van der Waals surface area contributed by atoms with E-state index in [9.17, 15) is 0 Å². The van der Waals surface area contributed by atoms with Crippen LogP contribution >= 0.6 is 0 Å². The first-order valence-electron chi connectivity index (χ1n) is 7.14. The highest BCUT2D eigenvalue weighted by Gasteiger charge is 2.32. The van der Waals surface area contributed by atoms with E-state index in [-0.39, 0.29) is 0 Å². The Morgan fingerprint density at radius 2 is 1.89 bits per heavy atom. The molecule has 0 spiro atoms. The number of hydrogen-bond acceptors (Lipinski definition) is 6. The third-order valence-corrected chi connectivity index (χ3v) is 4.25. The van der Waals surface area contributed by atoms with E-state index in [0.717, 1.165) is 25.0 Å². The number of anilines is 3. The van der Waals surface area contributed by atoms with E-state index in [0.29, 0.717) is 17.9 Å². The average molecular weight is 262 g/mol. The van der Waals surface area contributed by atoms with Gasteiger partial charge in [-0.3, -0.25) is 0 Å². The van der Waals surface area contributed by atoms with E-state index in [2.05, 4.69) is 31.7 Å². The fourth-order valence-corrected chi connectivity index (χ4v) is 2.66. The van der Waals surface area contributed by atoms with Gasteiger partial charge in [-0.05, 0) is 38.5 Å².